The van der Waals surface area contributed by atoms with Gasteiger partial charge in [0.2, 0.25) is 17.5 Å². The van der Waals surface area contributed by atoms with Gasteiger partial charge in [0.1, 0.15) is 17.6 Å². The molecule has 1 saturated heterocycles. The molecule has 2 aromatic carbocycles. The van der Waals surface area contributed by atoms with Crippen LogP contribution in [0.4, 0.5) is 5.88 Å². The minimum Gasteiger partial charge on any atom is -0.496 e. The molecule has 1 aliphatic heterocycles. The molecule has 4 rings (SSSR count). The zero-order chi connectivity index (χ0) is 21.8. The van der Waals surface area contributed by atoms with Gasteiger partial charge in [-0.2, -0.15) is 10.2 Å². The second-order valence-electron chi connectivity index (χ2n) is 6.96. The number of carbonyl (C=O) groups is 1. The van der Waals surface area contributed by atoms with E-state index in [0.717, 1.165) is 0 Å². The van der Waals surface area contributed by atoms with Crippen LogP contribution in [0.3, 0.4) is 0 Å². The third kappa shape index (κ3) is 3.90. The van der Waals surface area contributed by atoms with Crippen LogP contribution < -0.4 is 14.4 Å². The molecule has 158 valence electrons. The maximum absolute atomic E-state index is 12.9. The molecule has 0 atom stereocenters. The predicted octanol–water partition coefficient (Wildman–Crippen LogP) is 3.19. The number of benzene rings is 2. The number of rotatable bonds is 5. The molecule has 0 bridgehead atoms. The van der Waals surface area contributed by atoms with E-state index < -0.39 is 0 Å². The Morgan fingerprint density at radius 2 is 1.65 bits per heavy atom. The Labute approximate surface area is 180 Å². The number of para-hydroxylation sites is 2. The monoisotopic (exact) mass is 418 g/mol. The summed E-state index contributed by atoms with van der Waals surface area (Å²) in [5.41, 5.74) is 1.43. The van der Waals surface area contributed by atoms with Gasteiger partial charge in [0.15, 0.2) is 0 Å². The Morgan fingerprint density at radius 3 is 2.32 bits per heavy atom. The van der Waals surface area contributed by atoms with Gasteiger partial charge in [-0.05, 0) is 24.3 Å². The van der Waals surface area contributed by atoms with Crippen LogP contribution in [0.5, 0.6) is 11.5 Å². The molecule has 1 aromatic heterocycles. The number of piperazine rings is 1. The summed E-state index contributed by atoms with van der Waals surface area (Å²) < 4.78 is 16.7. The van der Waals surface area contributed by atoms with Crippen molar-refractivity contribution in [2.75, 3.05) is 45.3 Å². The molecule has 8 heteroatoms. The van der Waals surface area contributed by atoms with Gasteiger partial charge in [-0.25, -0.2) is 0 Å². The summed E-state index contributed by atoms with van der Waals surface area (Å²) in [6, 6.07) is 16.7. The molecule has 0 spiro atoms. The molecule has 0 unspecified atom stereocenters. The summed E-state index contributed by atoms with van der Waals surface area (Å²) in [6.45, 7) is 2.03. The number of methoxy groups -OCH3 is 2. The highest BCUT2D eigenvalue weighted by Crippen LogP contribution is 2.34. The molecule has 8 nitrogen and oxygen atoms in total. The van der Waals surface area contributed by atoms with Gasteiger partial charge < -0.3 is 23.7 Å². The molecule has 0 saturated carbocycles. The van der Waals surface area contributed by atoms with Gasteiger partial charge in [0, 0.05) is 26.2 Å². The van der Waals surface area contributed by atoms with Gasteiger partial charge in [0.05, 0.1) is 25.3 Å². The lowest BCUT2D eigenvalue weighted by Gasteiger charge is -2.34. The molecular weight excluding hydrogens is 396 g/mol. The molecule has 1 fully saturated rings. The highest BCUT2D eigenvalue weighted by atomic mass is 16.5. The fourth-order valence-corrected chi connectivity index (χ4v) is 3.64. The maximum atomic E-state index is 12.9. The maximum Gasteiger partial charge on any atom is 0.257 e. The molecule has 0 N–H and O–H groups in total. The van der Waals surface area contributed by atoms with Crippen LogP contribution >= 0.6 is 0 Å². The van der Waals surface area contributed by atoms with E-state index >= 15 is 0 Å². The van der Waals surface area contributed by atoms with E-state index in [1.165, 1.54) is 0 Å². The number of nitrogens with zero attached hydrogens (tertiary/aromatic N) is 4. The van der Waals surface area contributed by atoms with E-state index in [-0.39, 0.29) is 11.6 Å². The van der Waals surface area contributed by atoms with E-state index in [2.05, 4.69) is 11.1 Å². The van der Waals surface area contributed by atoms with Crippen molar-refractivity contribution in [3.8, 4) is 29.0 Å². The third-order valence-electron chi connectivity index (χ3n) is 5.24. The molecule has 2 heterocycles. The molecule has 0 aliphatic carbocycles. The first-order chi connectivity index (χ1) is 15.2. The van der Waals surface area contributed by atoms with Gasteiger partial charge in [-0.15, -0.1) is 0 Å². The standard InChI is InChI=1S/C23H22N4O4/c1-29-19-9-5-3-7-16(19)21-25-18(15-24)23(31-21)27-13-11-26(12-14-27)22(28)17-8-4-6-10-20(17)30-2/h3-10H,11-14H2,1-2H3. The SMILES string of the molecule is COc1ccccc1C(=O)N1CCN(c2oc(-c3ccccc3OC)nc2C#N)CC1. The topological polar surface area (TPSA) is 91.8 Å². The second kappa shape index (κ2) is 8.79. The number of hydrogen-bond acceptors (Lipinski definition) is 7. The highest BCUT2D eigenvalue weighted by Gasteiger charge is 2.28. The summed E-state index contributed by atoms with van der Waals surface area (Å²) in [5, 5.41) is 9.57. The lowest BCUT2D eigenvalue weighted by Crippen LogP contribution is -2.49. The minimum absolute atomic E-state index is 0.0788. The van der Waals surface area contributed by atoms with Crippen molar-refractivity contribution in [3.63, 3.8) is 0 Å². The number of aromatic nitrogens is 1. The molecular formula is C23H22N4O4. The number of ether oxygens (including phenoxy) is 2. The Bertz CT molecular complexity index is 1130. The molecule has 1 aliphatic rings. The van der Waals surface area contributed by atoms with Crippen LogP contribution in [0.15, 0.2) is 52.9 Å². The fourth-order valence-electron chi connectivity index (χ4n) is 3.64. The van der Waals surface area contributed by atoms with Gasteiger partial charge >= 0.3 is 0 Å². The van der Waals surface area contributed by atoms with E-state index in [1.807, 2.05) is 41.3 Å². The van der Waals surface area contributed by atoms with Crippen LogP contribution in [0, 0.1) is 11.3 Å². The molecule has 0 radical (unpaired) electrons. The van der Waals surface area contributed by atoms with E-state index in [4.69, 9.17) is 13.9 Å². The van der Waals surface area contributed by atoms with Crippen molar-refractivity contribution < 1.29 is 18.7 Å². The number of anilines is 1. The average molecular weight is 418 g/mol. The first kappa shape index (κ1) is 20.3. The van der Waals surface area contributed by atoms with Crippen LogP contribution in [-0.2, 0) is 0 Å². The van der Waals surface area contributed by atoms with Crippen LogP contribution in [0.1, 0.15) is 16.1 Å². The Balaban J connectivity index is 1.52. The Hall–Kier alpha value is -3.99. The normalized spacial score (nSPS) is 13.6. The number of carbonyl (C=O) groups excluding carboxylic acids is 1. The van der Waals surface area contributed by atoms with Crippen molar-refractivity contribution in [3.05, 3.63) is 59.8 Å². The smallest absolute Gasteiger partial charge is 0.257 e. The lowest BCUT2D eigenvalue weighted by atomic mass is 10.1. The van der Waals surface area contributed by atoms with E-state index in [9.17, 15) is 10.1 Å². The quantitative estimate of drug-likeness (QED) is 0.628. The lowest BCUT2D eigenvalue weighted by molar-refractivity contribution is 0.0742. The number of hydrogen-bond donors (Lipinski definition) is 0. The Kier molecular flexibility index (Phi) is 5.76. The van der Waals surface area contributed by atoms with E-state index in [0.29, 0.717) is 60.6 Å². The first-order valence-electron chi connectivity index (χ1n) is 9.87. The van der Waals surface area contributed by atoms with Gasteiger partial charge in [-0.3, -0.25) is 4.79 Å². The summed E-state index contributed by atoms with van der Waals surface area (Å²) in [5.74, 6) is 1.83. The Morgan fingerprint density at radius 1 is 1.00 bits per heavy atom. The fraction of sp³-hybridized carbons (Fsp3) is 0.261. The zero-order valence-electron chi connectivity index (χ0n) is 17.4. The van der Waals surface area contributed by atoms with Crippen LogP contribution in [0.25, 0.3) is 11.5 Å². The minimum atomic E-state index is -0.0788. The van der Waals surface area contributed by atoms with Crippen molar-refractivity contribution in [1.82, 2.24) is 9.88 Å². The van der Waals surface area contributed by atoms with Crippen molar-refractivity contribution in [1.29, 1.82) is 5.26 Å². The summed E-state index contributed by atoms with van der Waals surface area (Å²) in [6.07, 6.45) is 0. The molecule has 3 aromatic rings. The van der Waals surface area contributed by atoms with E-state index in [1.54, 1.807) is 31.3 Å². The number of nitriles is 1. The summed E-state index contributed by atoms with van der Waals surface area (Å²) in [7, 11) is 3.13. The zero-order valence-corrected chi connectivity index (χ0v) is 17.4. The van der Waals surface area contributed by atoms with Gasteiger partial charge in [0.25, 0.3) is 5.91 Å². The molecule has 31 heavy (non-hydrogen) atoms. The van der Waals surface area contributed by atoms with Crippen molar-refractivity contribution in [2.45, 2.75) is 0 Å². The summed E-state index contributed by atoms with van der Waals surface area (Å²) >= 11 is 0. The highest BCUT2D eigenvalue weighted by molar-refractivity contribution is 5.97. The van der Waals surface area contributed by atoms with Gasteiger partial charge in [-0.1, -0.05) is 24.3 Å². The number of amides is 1. The van der Waals surface area contributed by atoms with Crippen LogP contribution in [-0.4, -0.2) is 56.2 Å². The summed E-state index contributed by atoms with van der Waals surface area (Å²) in [4.78, 5) is 21.0. The van der Waals surface area contributed by atoms with Crippen molar-refractivity contribution in [2.24, 2.45) is 0 Å². The third-order valence-corrected chi connectivity index (χ3v) is 5.24. The molecule has 1 amide bonds. The first-order valence-corrected chi connectivity index (χ1v) is 9.87. The predicted molar refractivity (Wildman–Crippen MR) is 114 cm³/mol. The van der Waals surface area contributed by atoms with Crippen LogP contribution in [0.2, 0.25) is 0 Å². The largest absolute Gasteiger partial charge is 0.496 e. The second-order valence-corrected chi connectivity index (χ2v) is 6.96. The number of oxazole rings is 1. The van der Waals surface area contributed by atoms with Crippen molar-refractivity contribution >= 4 is 11.8 Å². The average Bonchev–Trinajstić information content (AvgIpc) is 3.28.